The Morgan fingerprint density at radius 1 is 1.15 bits per heavy atom. The number of anilines is 1. The summed E-state index contributed by atoms with van der Waals surface area (Å²) in [6.07, 6.45) is 0. The number of hydrogen-bond donors (Lipinski definition) is 1. The minimum absolute atomic E-state index is 0.0132. The lowest BCUT2D eigenvalue weighted by atomic mass is 9.95. The molecule has 3 heterocycles. The number of thiazole rings is 1. The Hall–Kier alpha value is -3.56. The maximum atomic E-state index is 13.6. The Balaban J connectivity index is 1.67. The number of hydrogen-bond acceptors (Lipinski definition) is 7. The van der Waals surface area contributed by atoms with Crippen molar-refractivity contribution in [2.24, 2.45) is 0 Å². The first-order valence-electron chi connectivity index (χ1n) is 10.3. The molecule has 9 heteroatoms. The Morgan fingerprint density at radius 2 is 1.85 bits per heavy atom. The lowest BCUT2D eigenvalue weighted by Gasteiger charge is -2.24. The molecule has 0 fully saturated rings. The van der Waals surface area contributed by atoms with Gasteiger partial charge in [-0.3, -0.25) is 19.3 Å². The third-order valence-electron chi connectivity index (χ3n) is 5.60. The molecule has 1 aliphatic rings. The number of aromatic nitrogens is 1. The Morgan fingerprint density at radius 3 is 2.50 bits per heavy atom. The van der Waals surface area contributed by atoms with Crippen LogP contribution in [0.5, 0.6) is 0 Å². The second kappa shape index (κ2) is 8.34. The molecule has 1 amide bonds. The second-order valence-electron chi connectivity index (χ2n) is 7.84. The highest BCUT2D eigenvalue weighted by atomic mass is 79.9. The summed E-state index contributed by atoms with van der Waals surface area (Å²) in [7, 11) is 0. The summed E-state index contributed by atoms with van der Waals surface area (Å²) in [6, 6.07) is 14.9. The van der Waals surface area contributed by atoms with E-state index in [1.54, 1.807) is 49.4 Å². The van der Waals surface area contributed by atoms with Gasteiger partial charge in [0.15, 0.2) is 22.4 Å². The number of carbonyl (C=O) groups excluding carboxylic acids is 3. The third kappa shape index (κ3) is 3.57. The van der Waals surface area contributed by atoms with Crippen LogP contribution in [0.2, 0.25) is 0 Å². The third-order valence-corrected chi connectivity index (χ3v) is 7.39. The standard InChI is InChI=1S/C25H17BrN2O5S/c1-12-23(13(2)29)34-25(27-12)28-20(14-7-9-16(26)10-8-14)19(22(31)24(28)32)21(30)18-11-15-5-3-4-6-17(15)33-18/h3-11,20,31H,1-2H3. The number of nitrogens with zero attached hydrogens (tertiary/aromatic N) is 2. The van der Waals surface area contributed by atoms with Gasteiger partial charge in [0.1, 0.15) is 5.58 Å². The van der Waals surface area contributed by atoms with Crippen LogP contribution in [0.15, 0.2) is 74.8 Å². The van der Waals surface area contributed by atoms with Gasteiger partial charge in [-0.25, -0.2) is 4.98 Å². The molecule has 0 radical (unpaired) electrons. The van der Waals surface area contributed by atoms with Gasteiger partial charge in [-0.05, 0) is 36.8 Å². The lowest BCUT2D eigenvalue weighted by Crippen LogP contribution is -2.31. The summed E-state index contributed by atoms with van der Waals surface area (Å²) >= 11 is 4.44. The molecule has 2 aromatic carbocycles. The van der Waals surface area contributed by atoms with Crippen LogP contribution in [-0.4, -0.2) is 27.6 Å². The van der Waals surface area contributed by atoms with E-state index in [1.165, 1.54) is 11.8 Å². The van der Waals surface area contributed by atoms with Gasteiger partial charge in [-0.15, -0.1) is 0 Å². The molecule has 4 aromatic rings. The predicted octanol–water partition coefficient (Wildman–Crippen LogP) is 5.95. The van der Waals surface area contributed by atoms with Gasteiger partial charge in [0.2, 0.25) is 5.78 Å². The molecule has 0 saturated heterocycles. The molecule has 5 rings (SSSR count). The monoisotopic (exact) mass is 536 g/mol. The van der Waals surface area contributed by atoms with Crippen molar-refractivity contribution in [3.8, 4) is 0 Å². The zero-order chi connectivity index (χ0) is 24.1. The molecule has 170 valence electrons. The van der Waals surface area contributed by atoms with Crippen molar-refractivity contribution < 1.29 is 23.9 Å². The van der Waals surface area contributed by atoms with Crippen molar-refractivity contribution in [2.45, 2.75) is 19.9 Å². The second-order valence-corrected chi connectivity index (χ2v) is 9.73. The van der Waals surface area contributed by atoms with Gasteiger partial charge in [0.05, 0.1) is 22.2 Å². The van der Waals surface area contributed by atoms with Crippen molar-refractivity contribution in [3.05, 3.63) is 92.3 Å². The van der Waals surface area contributed by atoms with E-state index in [4.69, 9.17) is 4.42 Å². The molecule has 0 bridgehead atoms. The fraction of sp³-hybridized carbons (Fsp3) is 0.120. The van der Waals surface area contributed by atoms with Crippen molar-refractivity contribution in [3.63, 3.8) is 0 Å². The first-order chi connectivity index (χ1) is 16.3. The van der Waals surface area contributed by atoms with E-state index in [-0.39, 0.29) is 22.2 Å². The van der Waals surface area contributed by atoms with Crippen LogP contribution < -0.4 is 4.90 Å². The van der Waals surface area contributed by atoms with Crippen molar-refractivity contribution in [1.82, 2.24) is 4.98 Å². The predicted molar refractivity (Wildman–Crippen MR) is 131 cm³/mol. The Kier molecular flexibility index (Phi) is 5.45. The van der Waals surface area contributed by atoms with E-state index in [0.29, 0.717) is 21.7 Å². The smallest absolute Gasteiger partial charge is 0.296 e. The van der Waals surface area contributed by atoms with Crippen LogP contribution in [-0.2, 0) is 4.79 Å². The number of aryl methyl sites for hydroxylation is 1. The zero-order valence-electron chi connectivity index (χ0n) is 18.0. The van der Waals surface area contributed by atoms with E-state index < -0.39 is 23.5 Å². The average Bonchev–Trinajstić information content (AvgIpc) is 3.48. The van der Waals surface area contributed by atoms with Gasteiger partial charge < -0.3 is 9.52 Å². The van der Waals surface area contributed by atoms with Crippen LogP contribution in [0.1, 0.15) is 44.4 Å². The summed E-state index contributed by atoms with van der Waals surface area (Å²) < 4.78 is 6.55. The summed E-state index contributed by atoms with van der Waals surface area (Å²) in [6.45, 7) is 3.11. The lowest BCUT2D eigenvalue weighted by molar-refractivity contribution is -0.117. The molecule has 34 heavy (non-hydrogen) atoms. The largest absolute Gasteiger partial charge is 0.503 e. The minimum Gasteiger partial charge on any atom is -0.503 e. The maximum absolute atomic E-state index is 13.6. The van der Waals surface area contributed by atoms with Crippen LogP contribution in [0.3, 0.4) is 0 Å². The molecule has 1 N–H and O–H groups in total. The highest BCUT2D eigenvalue weighted by Crippen LogP contribution is 2.44. The minimum atomic E-state index is -0.952. The number of ketones is 2. The first kappa shape index (κ1) is 22.2. The number of para-hydroxylation sites is 1. The van der Waals surface area contributed by atoms with Crippen molar-refractivity contribution >= 4 is 60.8 Å². The first-order valence-corrected chi connectivity index (χ1v) is 11.9. The van der Waals surface area contributed by atoms with Crippen LogP contribution in [0.25, 0.3) is 11.0 Å². The Labute approximate surface area is 206 Å². The fourth-order valence-corrected chi connectivity index (χ4v) is 5.29. The number of Topliss-reactive ketones (excluding diaryl/α,β-unsaturated/α-hetero) is 2. The molecule has 2 aromatic heterocycles. The number of furan rings is 1. The average molecular weight is 537 g/mol. The topological polar surface area (TPSA) is 101 Å². The Bertz CT molecular complexity index is 1480. The van der Waals surface area contributed by atoms with Crippen LogP contribution >= 0.6 is 27.3 Å². The van der Waals surface area contributed by atoms with Crippen LogP contribution in [0, 0.1) is 6.92 Å². The maximum Gasteiger partial charge on any atom is 0.296 e. The summed E-state index contributed by atoms with van der Waals surface area (Å²) in [4.78, 5) is 45.0. The number of carbonyl (C=O) groups is 3. The van der Waals surface area contributed by atoms with E-state index in [0.717, 1.165) is 21.2 Å². The molecule has 1 aliphatic heterocycles. The van der Waals surface area contributed by atoms with Gasteiger partial charge in [0, 0.05) is 16.8 Å². The molecular weight excluding hydrogens is 520 g/mol. The quantitative estimate of drug-likeness (QED) is 0.316. The number of amides is 1. The number of aliphatic hydroxyl groups excluding tert-OH is 1. The molecule has 0 aliphatic carbocycles. The van der Waals surface area contributed by atoms with Crippen molar-refractivity contribution in [1.29, 1.82) is 0 Å². The summed E-state index contributed by atoms with van der Waals surface area (Å²) in [5, 5.41) is 11.8. The van der Waals surface area contributed by atoms with Gasteiger partial charge >= 0.3 is 0 Å². The summed E-state index contributed by atoms with van der Waals surface area (Å²) in [5.41, 5.74) is 1.49. The van der Waals surface area contributed by atoms with Gasteiger partial charge in [-0.2, -0.15) is 0 Å². The number of halogens is 1. The highest BCUT2D eigenvalue weighted by Gasteiger charge is 2.46. The zero-order valence-corrected chi connectivity index (χ0v) is 20.4. The molecule has 0 saturated carbocycles. The molecular formula is C25H17BrN2O5S. The van der Waals surface area contributed by atoms with E-state index in [9.17, 15) is 19.5 Å². The van der Waals surface area contributed by atoms with E-state index in [1.807, 2.05) is 12.1 Å². The number of aliphatic hydroxyl groups is 1. The van der Waals surface area contributed by atoms with Crippen molar-refractivity contribution in [2.75, 3.05) is 4.90 Å². The highest BCUT2D eigenvalue weighted by molar-refractivity contribution is 9.10. The van der Waals surface area contributed by atoms with E-state index >= 15 is 0 Å². The normalized spacial score (nSPS) is 16.0. The van der Waals surface area contributed by atoms with Gasteiger partial charge in [-0.1, -0.05) is 57.6 Å². The molecule has 1 unspecified atom stereocenters. The molecule has 7 nitrogen and oxygen atoms in total. The SMILES string of the molecule is CC(=O)c1sc(N2C(=O)C(O)=C(C(=O)c3cc4ccccc4o3)C2c2ccc(Br)cc2)nc1C. The molecule has 0 spiro atoms. The number of fused-ring (bicyclic) bond motifs is 1. The van der Waals surface area contributed by atoms with Gasteiger partial charge in [0.25, 0.3) is 5.91 Å². The number of benzene rings is 2. The number of rotatable bonds is 5. The fourth-order valence-electron chi connectivity index (χ4n) is 4.03. The van der Waals surface area contributed by atoms with Crippen LogP contribution in [0.4, 0.5) is 5.13 Å². The molecule has 1 atom stereocenters. The summed E-state index contributed by atoms with van der Waals surface area (Å²) in [5.74, 6) is -2.20. The van der Waals surface area contributed by atoms with E-state index in [2.05, 4.69) is 20.9 Å².